The number of benzene rings is 1. The lowest BCUT2D eigenvalue weighted by Gasteiger charge is -2.17. The Morgan fingerprint density at radius 1 is 1.12 bits per heavy atom. The number of amides is 1. The highest BCUT2D eigenvalue weighted by atomic mass is 16.5. The van der Waals surface area contributed by atoms with Crippen LogP contribution in [-0.2, 0) is 11.2 Å². The first-order valence-electron chi connectivity index (χ1n) is 8.12. The molecular weight excluding hydrogens is 322 g/mol. The van der Waals surface area contributed by atoms with Crippen molar-refractivity contribution in [3.8, 4) is 17.5 Å². The molecule has 1 aromatic carbocycles. The van der Waals surface area contributed by atoms with Crippen molar-refractivity contribution >= 4 is 5.91 Å². The number of methoxy groups -OCH3 is 2. The lowest BCUT2D eigenvalue weighted by atomic mass is 10.1. The molecule has 0 bridgehead atoms. The topological polar surface area (TPSA) is 73.8 Å². The molecule has 1 aromatic heterocycles. The number of hydrogen-bond acceptors (Lipinski definition) is 6. The number of rotatable bonds is 6. The van der Waals surface area contributed by atoms with Crippen molar-refractivity contribution in [3.05, 3.63) is 42.2 Å². The van der Waals surface area contributed by atoms with Gasteiger partial charge < -0.3 is 19.1 Å². The summed E-state index contributed by atoms with van der Waals surface area (Å²) in [5, 5.41) is 0. The van der Waals surface area contributed by atoms with E-state index in [0.717, 1.165) is 17.7 Å². The fraction of sp³-hybridized carbons (Fsp3) is 0.389. The first-order chi connectivity index (χ1) is 12.2. The molecule has 0 saturated carbocycles. The van der Waals surface area contributed by atoms with E-state index in [4.69, 9.17) is 14.2 Å². The van der Waals surface area contributed by atoms with Crippen LogP contribution < -0.4 is 14.2 Å². The zero-order chi connectivity index (χ0) is 17.6. The zero-order valence-electron chi connectivity index (χ0n) is 14.3. The van der Waals surface area contributed by atoms with E-state index in [9.17, 15) is 4.79 Å². The van der Waals surface area contributed by atoms with Gasteiger partial charge in [0, 0.05) is 25.4 Å². The predicted molar refractivity (Wildman–Crippen MR) is 90.9 cm³/mol. The van der Waals surface area contributed by atoms with Gasteiger partial charge in [-0.2, -0.15) is 0 Å². The van der Waals surface area contributed by atoms with Crippen LogP contribution in [0.2, 0.25) is 0 Å². The van der Waals surface area contributed by atoms with Gasteiger partial charge >= 0.3 is 0 Å². The molecule has 1 aliphatic rings. The fourth-order valence-electron chi connectivity index (χ4n) is 2.77. The standard InChI is InChI=1S/C18H21N3O4/c1-23-14-5-3-13(4-6-14)11-16(22)21-10-7-15(12-21)25-18-17(24-2)19-8-9-20-18/h3-6,8-9,15H,7,10-12H2,1-2H3. The zero-order valence-corrected chi connectivity index (χ0v) is 14.3. The van der Waals surface area contributed by atoms with Crippen LogP contribution in [0.4, 0.5) is 0 Å². The Labute approximate surface area is 146 Å². The largest absolute Gasteiger partial charge is 0.497 e. The van der Waals surface area contributed by atoms with Crippen LogP contribution >= 0.6 is 0 Å². The molecule has 132 valence electrons. The SMILES string of the molecule is COc1ccc(CC(=O)N2CCC(Oc3nccnc3OC)C2)cc1. The summed E-state index contributed by atoms with van der Waals surface area (Å²) in [6.45, 7) is 1.21. The molecule has 25 heavy (non-hydrogen) atoms. The number of aromatic nitrogens is 2. The van der Waals surface area contributed by atoms with Gasteiger partial charge in [-0.15, -0.1) is 0 Å². The second-order valence-electron chi connectivity index (χ2n) is 5.76. The quantitative estimate of drug-likeness (QED) is 0.795. The number of likely N-dealkylation sites (tertiary alicyclic amines) is 1. The third-order valence-electron chi connectivity index (χ3n) is 4.12. The molecule has 0 spiro atoms. The normalized spacial score (nSPS) is 16.6. The van der Waals surface area contributed by atoms with E-state index in [1.807, 2.05) is 29.2 Å². The Morgan fingerprint density at radius 2 is 1.84 bits per heavy atom. The summed E-state index contributed by atoms with van der Waals surface area (Å²) in [4.78, 5) is 22.5. The summed E-state index contributed by atoms with van der Waals surface area (Å²) in [5.41, 5.74) is 0.964. The monoisotopic (exact) mass is 343 g/mol. The van der Waals surface area contributed by atoms with Crippen molar-refractivity contribution in [1.29, 1.82) is 0 Å². The molecule has 1 fully saturated rings. The molecule has 1 amide bonds. The Kier molecular flexibility index (Phi) is 5.33. The summed E-state index contributed by atoms with van der Waals surface area (Å²) < 4.78 is 16.1. The van der Waals surface area contributed by atoms with Crippen LogP contribution in [0.15, 0.2) is 36.7 Å². The van der Waals surface area contributed by atoms with E-state index < -0.39 is 0 Å². The summed E-state index contributed by atoms with van der Waals surface area (Å²) in [5.74, 6) is 1.58. The summed E-state index contributed by atoms with van der Waals surface area (Å²) in [6, 6.07) is 7.54. The maximum atomic E-state index is 12.5. The second-order valence-corrected chi connectivity index (χ2v) is 5.76. The molecule has 0 N–H and O–H groups in total. The van der Waals surface area contributed by atoms with Gasteiger partial charge in [0.25, 0.3) is 11.8 Å². The molecule has 0 radical (unpaired) electrons. The molecule has 3 rings (SSSR count). The maximum absolute atomic E-state index is 12.5. The third kappa shape index (κ3) is 4.17. The first kappa shape index (κ1) is 17.0. The number of ether oxygens (including phenoxy) is 3. The Balaban J connectivity index is 1.55. The molecule has 0 aliphatic carbocycles. The summed E-state index contributed by atoms with van der Waals surface area (Å²) in [6.07, 6.45) is 4.12. The minimum atomic E-state index is -0.106. The van der Waals surface area contributed by atoms with Crippen LogP contribution in [0.5, 0.6) is 17.5 Å². The average molecular weight is 343 g/mol. The molecule has 1 saturated heterocycles. The fourth-order valence-corrected chi connectivity index (χ4v) is 2.77. The minimum Gasteiger partial charge on any atom is -0.497 e. The van der Waals surface area contributed by atoms with Crippen molar-refractivity contribution < 1.29 is 19.0 Å². The van der Waals surface area contributed by atoms with E-state index in [2.05, 4.69) is 9.97 Å². The summed E-state index contributed by atoms with van der Waals surface area (Å²) >= 11 is 0. The molecular formula is C18H21N3O4. The summed E-state index contributed by atoms with van der Waals surface area (Å²) in [7, 11) is 3.15. The molecule has 7 nitrogen and oxygen atoms in total. The van der Waals surface area contributed by atoms with Gasteiger partial charge in [-0.1, -0.05) is 12.1 Å². The van der Waals surface area contributed by atoms with Gasteiger partial charge in [-0.25, -0.2) is 9.97 Å². The minimum absolute atomic E-state index is 0.0855. The van der Waals surface area contributed by atoms with Crippen LogP contribution in [0, 0.1) is 0 Å². The van der Waals surface area contributed by atoms with Gasteiger partial charge in [0.1, 0.15) is 11.9 Å². The average Bonchev–Trinajstić information content (AvgIpc) is 3.11. The van der Waals surface area contributed by atoms with Gasteiger partial charge in [-0.3, -0.25) is 4.79 Å². The third-order valence-corrected chi connectivity index (χ3v) is 4.12. The second kappa shape index (κ2) is 7.83. The van der Waals surface area contributed by atoms with Crippen molar-refractivity contribution in [2.75, 3.05) is 27.3 Å². The van der Waals surface area contributed by atoms with Gasteiger partial charge in [0.05, 0.1) is 27.2 Å². The molecule has 1 atom stereocenters. The van der Waals surface area contributed by atoms with Crippen LogP contribution in [0.1, 0.15) is 12.0 Å². The van der Waals surface area contributed by atoms with Crippen molar-refractivity contribution in [2.24, 2.45) is 0 Å². The molecule has 2 aromatic rings. The van der Waals surface area contributed by atoms with E-state index in [-0.39, 0.29) is 12.0 Å². The van der Waals surface area contributed by atoms with Gasteiger partial charge in [0.15, 0.2) is 0 Å². The highest BCUT2D eigenvalue weighted by Gasteiger charge is 2.28. The highest BCUT2D eigenvalue weighted by molar-refractivity contribution is 5.79. The van der Waals surface area contributed by atoms with Crippen LogP contribution in [0.3, 0.4) is 0 Å². The number of nitrogens with zero attached hydrogens (tertiary/aromatic N) is 3. The van der Waals surface area contributed by atoms with Crippen molar-refractivity contribution in [2.45, 2.75) is 18.9 Å². The van der Waals surface area contributed by atoms with Crippen LogP contribution in [0.25, 0.3) is 0 Å². The van der Waals surface area contributed by atoms with E-state index in [1.54, 1.807) is 19.5 Å². The predicted octanol–water partition coefficient (Wildman–Crippen LogP) is 1.72. The van der Waals surface area contributed by atoms with Crippen LogP contribution in [-0.4, -0.2) is 54.2 Å². The Morgan fingerprint density at radius 3 is 2.52 bits per heavy atom. The Bertz CT molecular complexity index is 721. The van der Waals surface area contributed by atoms with E-state index in [1.165, 1.54) is 7.11 Å². The van der Waals surface area contributed by atoms with Crippen molar-refractivity contribution in [3.63, 3.8) is 0 Å². The number of hydrogen-bond donors (Lipinski definition) is 0. The highest BCUT2D eigenvalue weighted by Crippen LogP contribution is 2.24. The molecule has 7 heteroatoms. The number of carbonyl (C=O) groups is 1. The molecule has 1 aliphatic heterocycles. The lowest BCUT2D eigenvalue weighted by Crippen LogP contribution is -2.32. The van der Waals surface area contributed by atoms with Gasteiger partial charge in [-0.05, 0) is 17.7 Å². The van der Waals surface area contributed by atoms with Gasteiger partial charge in [0.2, 0.25) is 5.91 Å². The molecule has 1 unspecified atom stereocenters. The molecule has 2 heterocycles. The number of carbonyl (C=O) groups excluding carboxylic acids is 1. The Hall–Kier alpha value is -2.83. The van der Waals surface area contributed by atoms with E-state index >= 15 is 0 Å². The van der Waals surface area contributed by atoms with Crippen molar-refractivity contribution in [1.82, 2.24) is 14.9 Å². The lowest BCUT2D eigenvalue weighted by molar-refractivity contribution is -0.129. The smallest absolute Gasteiger partial charge is 0.278 e. The first-order valence-corrected chi connectivity index (χ1v) is 8.12. The maximum Gasteiger partial charge on any atom is 0.278 e. The van der Waals surface area contributed by atoms with E-state index in [0.29, 0.717) is 31.3 Å².